The quantitative estimate of drug-likeness (QED) is 0.838. The van der Waals surface area contributed by atoms with Crippen molar-refractivity contribution in [2.24, 2.45) is 0 Å². The van der Waals surface area contributed by atoms with E-state index in [1.165, 1.54) is 10.5 Å². The van der Waals surface area contributed by atoms with Crippen molar-refractivity contribution in [2.75, 3.05) is 13.2 Å². The summed E-state index contributed by atoms with van der Waals surface area (Å²) in [5.74, 6) is -0.471. The summed E-state index contributed by atoms with van der Waals surface area (Å²) in [5, 5.41) is 8.81. The Morgan fingerprint density at radius 2 is 1.95 bits per heavy atom. The van der Waals surface area contributed by atoms with Gasteiger partial charge in [0.05, 0.1) is 6.42 Å². The topological polar surface area (TPSA) is 66.8 Å². The standard InChI is InChI=1S/C16H23NO4/c1-5-17(13(4)9-16(19)20)15(18)10-21-14-7-6-11(2)12(3)8-14/h6-8,13H,5,9-10H2,1-4H3,(H,19,20). The first-order chi connectivity index (χ1) is 9.85. The number of hydrogen-bond donors (Lipinski definition) is 1. The van der Waals surface area contributed by atoms with Gasteiger partial charge in [-0.2, -0.15) is 0 Å². The number of carbonyl (C=O) groups is 2. The molecule has 1 aromatic carbocycles. The summed E-state index contributed by atoms with van der Waals surface area (Å²) in [4.78, 5) is 24.4. The van der Waals surface area contributed by atoms with Crippen LogP contribution in [0, 0.1) is 13.8 Å². The Labute approximate surface area is 125 Å². The van der Waals surface area contributed by atoms with Gasteiger partial charge in [-0.3, -0.25) is 9.59 Å². The monoisotopic (exact) mass is 293 g/mol. The van der Waals surface area contributed by atoms with E-state index in [0.717, 1.165) is 5.56 Å². The zero-order valence-electron chi connectivity index (χ0n) is 13.0. The third-order valence-electron chi connectivity index (χ3n) is 3.50. The number of aryl methyl sites for hydroxylation is 2. The molecular formula is C16H23NO4. The third kappa shape index (κ3) is 5.10. The number of carbonyl (C=O) groups excluding carboxylic acids is 1. The van der Waals surface area contributed by atoms with Gasteiger partial charge in [0, 0.05) is 12.6 Å². The molecule has 0 aliphatic heterocycles. The van der Waals surface area contributed by atoms with Crippen LogP contribution in [0.25, 0.3) is 0 Å². The molecule has 21 heavy (non-hydrogen) atoms. The maximum absolute atomic E-state index is 12.1. The largest absolute Gasteiger partial charge is 0.484 e. The van der Waals surface area contributed by atoms with E-state index in [4.69, 9.17) is 9.84 Å². The highest BCUT2D eigenvalue weighted by molar-refractivity contribution is 5.79. The summed E-state index contributed by atoms with van der Waals surface area (Å²) in [6.07, 6.45) is -0.0663. The number of amides is 1. The normalized spacial score (nSPS) is 11.8. The van der Waals surface area contributed by atoms with E-state index in [-0.39, 0.29) is 25.0 Å². The van der Waals surface area contributed by atoms with Crippen molar-refractivity contribution in [2.45, 2.75) is 40.2 Å². The van der Waals surface area contributed by atoms with Gasteiger partial charge in [-0.25, -0.2) is 0 Å². The van der Waals surface area contributed by atoms with Crippen molar-refractivity contribution in [3.63, 3.8) is 0 Å². The first-order valence-corrected chi connectivity index (χ1v) is 7.06. The van der Waals surface area contributed by atoms with Crippen molar-refractivity contribution in [3.05, 3.63) is 29.3 Å². The van der Waals surface area contributed by atoms with Gasteiger partial charge in [0.15, 0.2) is 6.61 Å². The Morgan fingerprint density at radius 3 is 2.48 bits per heavy atom. The average molecular weight is 293 g/mol. The van der Waals surface area contributed by atoms with Crippen molar-refractivity contribution in [3.8, 4) is 5.75 Å². The van der Waals surface area contributed by atoms with Gasteiger partial charge in [0.1, 0.15) is 5.75 Å². The van der Waals surface area contributed by atoms with Crippen LogP contribution >= 0.6 is 0 Å². The lowest BCUT2D eigenvalue weighted by Crippen LogP contribution is -2.42. The van der Waals surface area contributed by atoms with E-state index >= 15 is 0 Å². The number of carboxylic acid groups (broad SMARTS) is 1. The van der Waals surface area contributed by atoms with Crippen molar-refractivity contribution in [1.82, 2.24) is 4.90 Å². The Morgan fingerprint density at radius 1 is 1.29 bits per heavy atom. The minimum atomic E-state index is -0.913. The molecule has 0 aliphatic rings. The molecule has 116 valence electrons. The molecule has 0 heterocycles. The van der Waals surface area contributed by atoms with Crippen molar-refractivity contribution in [1.29, 1.82) is 0 Å². The van der Waals surface area contributed by atoms with E-state index in [1.807, 2.05) is 39.0 Å². The highest BCUT2D eigenvalue weighted by atomic mass is 16.5. The maximum Gasteiger partial charge on any atom is 0.305 e. The molecule has 0 saturated carbocycles. The number of carboxylic acids is 1. The highest BCUT2D eigenvalue weighted by Crippen LogP contribution is 2.16. The third-order valence-corrected chi connectivity index (χ3v) is 3.50. The number of aliphatic carboxylic acids is 1. The molecule has 1 atom stereocenters. The van der Waals surface area contributed by atoms with Crippen LogP contribution in [0.5, 0.6) is 5.75 Å². The van der Waals surface area contributed by atoms with Crippen LogP contribution in [0.2, 0.25) is 0 Å². The Kier molecular flexibility index (Phi) is 6.21. The summed E-state index contributed by atoms with van der Waals surface area (Å²) >= 11 is 0. The van der Waals surface area contributed by atoms with Gasteiger partial charge >= 0.3 is 5.97 Å². The van der Waals surface area contributed by atoms with Crippen molar-refractivity contribution < 1.29 is 19.4 Å². The Balaban J connectivity index is 2.61. The van der Waals surface area contributed by atoms with E-state index < -0.39 is 5.97 Å². The van der Waals surface area contributed by atoms with Crippen LogP contribution in [0.4, 0.5) is 0 Å². The van der Waals surface area contributed by atoms with Gasteiger partial charge < -0.3 is 14.7 Å². The number of benzene rings is 1. The second-order valence-corrected chi connectivity index (χ2v) is 5.16. The van der Waals surface area contributed by atoms with E-state index in [2.05, 4.69) is 0 Å². The predicted octanol–water partition coefficient (Wildman–Crippen LogP) is 2.39. The smallest absolute Gasteiger partial charge is 0.305 e. The fourth-order valence-electron chi connectivity index (χ4n) is 2.13. The van der Waals surface area contributed by atoms with E-state index in [9.17, 15) is 9.59 Å². The first-order valence-electron chi connectivity index (χ1n) is 7.06. The van der Waals surface area contributed by atoms with Gasteiger partial charge in [-0.15, -0.1) is 0 Å². The van der Waals surface area contributed by atoms with Crippen LogP contribution in [-0.4, -0.2) is 41.1 Å². The lowest BCUT2D eigenvalue weighted by atomic mass is 10.1. The molecule has 1 N–H and O–H groups in total. The van der Waals surface area contributed by atoms with Crippen LogP contribution in [0.3, 0.4) is 0 Å². The molecule has 5 heteroatoms. The molecule has 0 aliphatic carbocycles. The number of likely N-dealkylation sites (N-methyl/N-ethyl adjacent to an activating group) is 1. The van der Waals surface area contributed by atoms with Crippen LogP contribution < -0.4 is 4.74 Å². The second kappa shape index (κ2) is 7.67. The molecule has 1 aromatic rings. The van der Waals surface area contributed by atoms with Crippen LogP contribution in [0.15, 0.2) is 18.2 Å². The molecule has 0 radical (unpaired) electrons. The Bertz CT molecular complexity index is 513. The zero-order chi connectivity index (χ0) is 16.0. The summed E-state index contributed by atoms with van der Waals surface area (Å²) in [6, 6.07) is 5.31. The molecule has 1 unspecified atom stereocenters. The van der Waals surface area contributed by atoms with Gasteiger partial charge in [-0.05, 0) is 51.0 Å². The van der Waals surface area contributed by atoms with Crippen LogP contribution in [-0.2, 0) is 9.59 Å². The summed E-state index contributed by atoms with van der Waals surface area (Å²) in [7, 11) is 0. The lowest BCUT2D eigenvalue weighted by molar-refractivity contribution is -0.141. The number of ether oxygens (including phenoxy) is 1. The van der Waals surface area contributed by atoms with Gasteiger partial charge in [0.25, 0.3) is 5.91 Å². The van der Waals surface area contributed by atoms with Gasteiger partial charge in [0.2, 0.25) is 0 Å². The predicted molar refractivity (Wildman–Crippen MR) is 80.5 cm³/mol. The molecular weight excluding hydrogens is 270 g/mol. The van der Waals surface area contributed by atoms with E-state index in [1.54, 1.807) is 6.92 Å². The number of rotatable bonds is 7. The summed E-state index contributed by atoms with van der Waals surface area (Å²) in [6.45, 7) is 7.93. The molecule has 0 spiro atoms. The molecule has 1 amide bonds. The average Bonchev–Trinajstić information content (AvgIpc) is 2.40. The molecule has 1 rings (SSSR count). The SMILES string of the molecule is CCN(C(=O)COc1ccc(C)c(C)c1)C(C)CC(=O)O. The zero-order valence-corrected chi connectivity index (χ0v) is 13.0. The van der Waals surface area contributed by atoms with Gasteiger partial charge in [-0.1, -0.05) is 6.07 Å². The summed E-state index contributed by atoms with van der Waals surface area (Å²) < 4.78 is 5.50. The lowest BCUT2D eigenvalue weighted by Gasteiger charge is -2.27. The fourth-order valence-corrected chi connectivity index (χ4v) is 2.13. The molecule has 0 bridgehead atoms. The molecule has 0 fully saturated rings. The summed E-state index contributed by atoms with van der Waals surface area (Å²) in [5.41, 5.74) is 2.27. The minimum absolute atomic E-state index is 0.0663. The maximum atomic E-state index is 12.1. The molecule has 5 nitrogen and oxygen atoms in total. The van der Waals surface area contributed by atoms with Crippen molar-refractivity contribution >= 4 is 11.9 Å². The molecule has 0 aromatic heterocycles. The van der Waals surface area contributed by atoms with Crippen LogP contribution in [0.1, 0.15) is 31.4 Å². The number of hydrogen-bond acceptors (Lipinski definition) is 3. The number of nitrogens with zero attached hydrogens (tertiary/aromatic N) is 1. The molecule has 0 saturated heterocycles. The minimum Gasteiger partial charge on any atom is -0.484 e. The first kappa shape index (κ1) is 17.0. The Hall–Kier alpha value is -2.04. The second-order valence-electron chi connectivity index (χ2n) is 5.16. The van der Waals surface area contributed by atoms with E-state index in [0.29, 0.717) is 12.3 Å². The fraction of sp³-hybridized carbons (Fsp3) is 0.500. The highest BCUT2D eigenvalue weighted by Gasteiger charge is 2.21.